The van der Waals surface area contributed by atoms with Gasteiger partial charge in [-0.05, 0) is 33.6 Å². The number of likely N-dealkylation sites (tertiary alicyclic amines) is 1. The molecule has 7 nitrogen and oxygen atoms in total. The van der Waals surface area contributed by atoms with E-state index in [4.69, 9.17) is 9.47 Å². The molecule has 1 unspecified atom stereocenters. The Hall–Kier alpha value is -1.34. The minimum absolute atomic E-state index is 0.283. The second-order valence-corrected chi connectivity index (χ2v) is 6.39. The lowest BCUT2D eigenvalue weighted by atomic mass is 9.99. The predicted octanol–water partition coefficient (Wildman–Crippen LogP) is 1.08. The summed E-state index contributed by atoms with van der Waals surface area (Å²) in [5, 5.41) is 12.0. The van der Waals surface area contributed by atoms with Gasteiger partial charge in [0.25, 0.3) is 0 Å². The molecular formula is C14H26N2O5. The molecule has 1 amide bonds. The number of methoxy groups -OCH3 is 1. The van der Waals surface area contributed by atoms with Gasteiger partial charge in [-0.1, -0.05) is 0 Å². The molecule has 1 aliphatic rings. The second kappa shape index (κ2) is 7.09. The van der Waals surface area contributed by atoms with Gasteiger partial charge >= 0.3 is 12.1 Å². The lowest BCUT2D eigenvalue weighted by molar-refractivity contribution is -0.144. The van der Waals surface area contributed by atoms with Gasteiger partial charge in [0, 0.05) is 33.4 Å². The fraction of sp³-hybridized carbons (Fsp3) is 0.857. The number of carbonyl (C=O) groups excluding carboxylic acids is 1. The van der Waals surface area contributed by atoms with Crippen LogP contribution in [-0.4, -0.2) is 66.6 Å². The first kappa shape index (κ1) is 17.7. The molecule has 0 aromatic carbocycles. The Morgan fingerprint density at radius 1 is 1.38 bits per heavy atom. The van der Waals surface area contributed by atoms with E-state index in [0.29, 0.717) is 19.6 Å². The van der Waals surface area contributed by atoms with Crippen molar-refractivity contribution in [2.24, 2.45) is 0 Å². The molecule has 0 saturated carbocycles. The fourth-order valence-electron chi connectivity index (χ4n) is 2.34. The molecule has 1 fully saturated rings. The number of amides is 1. The van der Waals surface area contributed by atoms with Gasteiger partial charge in [0.1, 0.15) is 5.60 Å². The van der Waals surface area contributed by atoms with E-state index in [2.05, 4.69) is 5.32 Å². The van der Waals surface area contributed by atoms with Gasteiger partial charge in [-0.15, -0.1) is 0 Å². The number of carboxylic acids is 1. The van der Waals surface area contributed by atoms with Crippen molar-refractivity contribution < 1.29 is 24.2 Å². The summed E-state index contributed by atoms with van der Waals surface area (Å²) >= 11 is 0. The van der Waals surface area contributed by atoms with Crippen LogP contribution in [-0.2, 0) is 14.3 Å². The maximum atomic E-state index is 11.9. The number of rotatable bonds is 6. The second-order valence-electron chi connectivity index (χ2n) is 6.39. The molecule has 1 rings (SSSR count). The fourth-order valence-corrected chi connectivity index (χ4v) is 2.34. The molecule has 0 aromatic heterocycles. The lowest BCUT2D eigenvalue weighted by Gasteiger charge is -2.28. The highest BCUT2D eigenvalue weighted by molar-refractivity contribution is 5.85. The smallest absolute Gasteiger partial charge is 0.408 e. The Bertz CT molecular complexity index is 380. The molecule has 0 bridgehead atoms. The van der Waals surface area contributed by atoms with Crippen LogP contribution in [0.3, 0.4) is 0 Å². The monoisotopic (exact) mass is 302 g/mol. The Morgan fingerprint density at radius 3 is 2.57 bits per heavy atom. The van der Waals surface area contributed by atoms with E-state index in [1.165, 1.54) is 0 Å². The third-order valence-corrected chi connectivity index (χ3v) is 3.32. The number of ether oxygens (including phenoxy) is 2. The van der Waals surface area contributed by atoms with E-state index in [1.54, 1.807) is 27.9 Å². The molecule has 1 atom stereocenters. The third kappa shape index (κ3) is 5.51. The molecule has 122 valence electrons. The Morgan fingerprint density at radius 2 is 2.05 bits per heavy atom. The Labute approximate surface area is 125 Å². The van der Waals surface area contributed by atoms with Crippen molar-refractivity contribution in [1.82, 2.24) is 10.2 Å². The molecule has 0 spiro atoms. The summed E-state index contributed by atoms with van der Waals surface area (Å²) in [4.78, 5) is 25.5. The van der Waals surface area contributed by atoms with Crippen LogP contribution in [0.15, 0.2) is 0 Å². The molecule has 0 radical (unpaired) electrons. The van der Waals surface area contributed by atoms with Crippen LogP contribution in [0, 0.1) is 0 Å². The third-order valence-electron chi connectivity index (χ3n) is 3.32. The number of nitrogens with one attached hydrogen (secondary N) is 1. The molecule has 1 heterocycles. The van der Waals surface area contributed by atoms with Crippen LogP contribution < -0.4 is 5.32 Å². The van der Waals surface area contributed by atoms with Gasteiger partial charge in [-0.3, -0.25) is 0 Å². The Balaban J connectivity index is 2.61. The van der Waals surface area contributed by atoms with Crippen LogP contribution in [0.25, 0.3) is 0 Å². The van der Waals surface area contributed by atoms with E-state index in [1.807, 2.05) is 4.90 Å². The number of hydrogen-bond acceptors (Lipinski definition) is 5. The van der Waals surface area contributed by atoms with Gasteiger partial charge in [0.15, 0.2) is 5.54 Å². The molecule has 21 heavy (non-hydrogen) atoms. The van der Waals surface area contributed by atoms with Gasteiger partial charge in [0.05, 0.1) is 0 Å². The highest BCUT2D eigenvalue weighted by atomic mass is 16.6. The van der Waals surface area contributed by atoms with E-state index >= 15 is 0 Å². The van der Waals surface area contributed by atoms with E-state index in [0.717, 1.165) is 13.0 Å². The Kier molecular flexibility index (Phi) is 5.98. The number of carbonyl (C=O) groups is 2. The van der Waals surface area contributed by atoms with Crippen molar-refractivity contribution in [3.63, 3.8) is 0 Å². The molecule has 0 aliphatic carbocycles. The first-order valence-electron chi connectivity index (χ1n) is 7.14. The van der Waals surface area contributed by atoms with E-state index in [9.17, 15) is 14.7 Å². The van der Waals surface area contributed by atoms with Crippen LogP contribution >= 0.6 is 0 Å². The van der Waals surface area contributed by atoms with E-state index < -0.39 is 23.2 Å². The van der Waals surface area contributed by atoms with Crippen molar-refractivity contribution >= 4 is 12.1 Å². The summed E-state index contributed by atoms with van der Waals surface area (Å²) in [5.41, 5.74) is -1.92. The summed E-state index contributed by atoms with van der Waals surface area (Å²) in [6.45, 7) is 7.52. The van der Waals surface area contributed by atoms with Crippen molar-refractivity contribution in [2.45, 2.75) is 44.8 Å². The summed E-state index contributed by atoms with van der Waals surface area (Å²) in [7, 11) is 1.63. The van der Waals surface area contributed by atoms with Crippen LogP contribution in [0.1, 0.15) is 33.6 Å². The first-order chi connectivity index (χ1) is 9.68. The molecule has 1 saturated heterocycles. The molecule has 1 aliphatic heterocycles. The highest BCUT2D eigenvalue weighted by Crippen LogP contribution is 2.23. The number of nitrogens with zero attached hydrogens (tertiary/aromatic N) is 1. The van der Waals surface area contributed by atoms with Crippen LogP contribution in [0.5, 0.6) is 0 Å². The standard InChI is InChI=1S/C14H26N2O5/c1-13(2,3)21-12(19)15-14(11(17)18)6-8-16(10-14)7-5-9-20-4/h5-10H2,1-4H3,(H,15,19)(H,17,18). The van der Waals surface area contributed by atoms with Gasteiger partial charge in [0.2, 0.25) is 0 Å². The average molecular weight is 302 g/mol. The number of aliphatic carboxylic acids is 1. The number of carboxylic acid groups (broad SMARTS) is 1. The molecule has 0 aromatic rings. The lowest BCUT2D eigenvalue weighted by Crippen LogP contribution is -2.57. The van der Waals surface area contributed by atoms with Gasteiger partial charge < -0.3 is 24.8 Å². The minimum atomic E-state index is -1.27. The maximum Gasteiger partial charge on any atom is 0.408 e. The maximum absolute atomic E-state index is 11.9. The number of alkyl carbamates (subject to hydrolysis) is 1. The minimum Gasteiger partial charge on any atom is -0.479 e. The zero-order valence-corrected chi connectivity index (χ0v) is 13.3. The van der Waals surface area contributed by atoms with Crippen molar-refractivity contribution in [3.05, 3.63) is 0 Å². The molecular weight excluding hydrogens is 276 g/mol. The van der Waals surface area contributed by atoms with Gasteiger partial charge in [-0.2, -0.15) is 0 Å². The summed E-state index contributed by atoms with van der Waals surface area (Å²) in [5.74, 6) is -1.03. The topological polar surface area (TPSA) is 88.1 Å². The zero-order chi connectivity index (χ0) is 16.1. The summed E-state index contributed by atoms with van der Waals surface area (Å²) in [6, 6.07) is 0. The van der Waals surface area contributed by atoms with Crippen LogP contribution in [0.4, 0.5) is 4.79 Å². The van der Waals surface area contributed by atoms with Crippen molar-refractivity contribution in [3.8, 4) is 0 Å². The quantitative estimate of drug-likeness (QED) is 0.714. The largest absolute Gasteiger partial charge is 0.479 e. The molecule has 2 N–H and O–H groups in total. The average Bonchev–Trinajstić information content (AvgIpc) is 2.71. The van der Waals surface area contributed by atoms with E-state index in [-0.39, 0.29) is 6.54 Å². The number of hydrogen-bond donors (Lipinski definition) is 2. The first-order valence-corrected chi connectivity index (χ1v) is 7.14. The van der Waals surface area contributed by atoms with Crippen LogP contribution in [0.2, 0.25) is 0 Å². The zero-order valence-electron chi connectivity index (χ0n) is 13.3. The summed E-state index contributed by atoms with van der Waals surface area (Å²) < 4.78 is 10.1. The van der Waals surface area contributed by atoms with Crippen molar-refractivity contribution in [1.29, 1.82) is 0 Å². The highest BCUT2D eigenvalue weighted by Gasteiger charge is 2.46. The summed E-state index contributed by atoms with van der Waals surface area (Å²) in [6.07, 6.45) is 0.511. The normalized spacial score (nSPS) is 23.0. The molecule has 7 heteroatoms. The SMILES string of the molecule is COCCCN1CCC(NC(=O)OC(C)(C)C)(C(=O)O)C1. The predicted molar refractivity (Wildman–Crippen MR) is 77.3 cm³/mol. The van der Waals surface area contributed by atoms with Crippen molar-refractivity contribution in [2.75, 3.05) is 33.4 Å². The van der Waals surface area contributed by atoms with Gasteiger partial charge in [-0.25, -0.2) is 9.59 Å².